The molecule has 2 aromatic heterocycles. The van der Waals surface area contributed by atoms with Crippen LogP contribution in [0.4, 0.5) is 4.39 Å². The molecule has 0 aliphatic rings. The molecule has 0 N–H and O–H groups in total. The molecule has 0 saturated carbocycles. The summed E-state index contributed by atoms with van der Waals surface area (Å²) in [7, 11) is 0. The van der Waals surface area contributed by atoms with Crippen molar-refractivity contribution in [3.63, 3.8) is 0 Å². The molecule has 0 aliphatic heterocycles. The maximum Gasteiger partial charge on any atom is 0.168 e. The van der Waals surface area contributed by atoms with Crippen LogP contribution in [0.25, 0.3) is 16.8 Å². The van der Waals surface area contributed by atoms with E-state index in [1.807, 2.05) is 12.1 Å². The Bertz CT molecular complexity index is 777. The van der Waals surface area contributed by atoms with Crippen molar-refractivity contribution in [2.75, 3.05) is 0 Å². The summed E-state index contributed by atoms with van der Waals surface area (Å²) in [5.41, 5.74) is 3.45. The van der Waals surface area contributed by atoms with Crippen molar-refractivity contribution in [1.29, 1.82) is 0 Å². The van der Waals surface area contributed by atoms with Gasteiger partial charge >= 0.3 is 0 Å². The van der Waals surface area contributed by atoms with Crippen molar-refractivity contribution >= 4 is 11.8 Å². The minimum atomic E-state index is -0.235. The fourth-order valence-electron chi connectivity index (χ4n) is 2.07. The molecule has 0 unspecified atom stereocenters. The van der Waals surface area contributed by atoms with Crippen LogP contribution in [-0.2, 0) is 0 Å². The summed E-state index contributed by atoms with van der Waals surface area (Å²) in [6, 6.07) is 12.1. The van der Waals surface area contributed by atoms with Crippen molar-refractivity contribution < 1.29 is 9.18 Å². The third kappa shape index (κ3) is 1.91. The summed E-state index contributed by atoms with van der Waals surface area (Å²) < 4.78 is 14.9. The second kappa shape index (κ2) is 4.31. The minimum Gasteiger partial charge on any atom is -0.296 e. The summed E-state index contributed by atoms with van der Waals surface area (Å²) in [6.45, 7) is 1.71. The fourth-order valence-corrected chi connectivity index (χ4v) is 2.07. The lowest BCUT2D eigenvalue weighted by Crippen LogP contribution is -1.96. The predicted octanol–water partition coefficient (Wildman–Crippen LogP) is 3.26. The highest BCUT2D eigenvalue weighted by Crippen LogP contribution is 2.22. The number of hydrogen-bond acceptors (Lipinski definition) is 2. The third-order valence-corrected chi connectivity index (χ3v) is 3.09. The predicted molar refractivity (Wildman–Crippen MR) is 70.7 cm³/mol. The molecule has 3 nitrogen and oxygen atoms in total. The Hall–Kier alpha value is -2.49. The highest BCUT2D eigenvalue weighted by atomic mass is 19.1. The molecule has 0 saturated heterocycles. The van der Waals surface area contributed by atoms with Gasteiger partial charge in [-0.3, -0.25) is 4.79 Å². The quantitative estimate of drug-likeness (QED) is 0.658. The normalized spacial score (nSPS) is 10.8. The number of benzene rings is 1. The Kier molecular flexibility index (Phi) is 2.63. The zero-order chi connectivity index (χ0) is 13.4. The molecule has 0 radical (unpaired) electrons. The Morgan fingerprint density at radius 1 is 1.21 bits per heavy atom. The van der Waals surface area contributed by atoms with Gasteiger partial charge in [0.2, 0.25) is 0 Å². The summed E-state index contributed by atoms with van der Waals surface area (Å²) in [6.07, 6.45) is 0.764. The topological polar surface area (TPSA) is 34.4 Å². The van der Waals surface area contributed by atoms with Crippen molar-refractivity contribution in [3.05, 3.63) is 59.5 Å². The van der Waals surface area contributed by atoms with Crippen LogP contribution in [0.2, 0.25) is 0 Å². The molecule has 2 heterocycles. The monoisotopic (exact) mass is 254 g/mol. The molecule has 1 aromatic carbocycles. The Morgan fingerprint density at radius 3 is 2.79 bits per heavy atom. The highest BCUT2D eigenvalue weighted by molar-refractivity contribution is 5.76. The number of aryl methyl sites for hydroxylation is 1. The van der Waals surface area contributed by atoms with Crippen molar-refractivity contribution in [2.45, 2.75) is 6.92 Å². The van der Waals surface area contributed by atoms with Crippen LogP contribution < -0.4 is 0 Å². The molecular weight excluding hydrogens is 243 g/mol. The van der Waals surface area contributed by atoms with E-state index in [4.69, 9.17) is 0 Å². The number of carbonyl (C=O) groups is 1. The summed E-state index contributed by atoms with van der Waals surface area (Å²) in [4.78, 5) is 11.0. The average Bonchev–Trinajstić information content (AvgIpc) is 2.85. The maximum absolute atomic E-state index is 13.3. The molecule has 0 amide bonds. The van der Waals surface area contributed by atoms with Crippen LogP contribution in [0, 0.1) is 12.7 Å². The number of aldehydes is 1. The molecule has 0 fully saturated rings. The zero-order valence-corrected chi connectivity index (χ0v) is 10.3. The van der Waals surface area contributed by atoms with Gasteiger partial charge in [0.05, 0.1) is 11.2 Å². The molecule has 3 aromatic rings. The highest BCUT2D eigenvalue weighted by Gasteiger charge is 2.08. The maximum atomic E-state index is 13.3. The van der Waals surface area contributed by atoms with E-state index in [0.717, 1.165) is 23.1 Å². The summed E-state index contributed by atoms with van der Waals surface area (Å²) in [5.74, 6) is -0.235. The molecule has 0 aliphatic carbocycles. The Morgan fingerprint density at radius 2 is 2.05 bits per heavy atom. The van der Waals surface area contributed by atoms with Crippen LogP contribution in [0.3, 0.4) is 0 Å². The van der Waals surface area contributed by atoms with Crippen LogP contribution in [0.15, 0.2) is 42.5 Å². The zero-order valence-electron chi connectivity index (χ0n) is 10.3. The van der Waals surface area contributed by atoms with Gasteiger partial charge < -0.3 is 0 Å². The number of halogens is 1. The van der Waals surface area contributed by atoms with Gasteiger partial charge in [-0.2, -0.15) is 5.10 Å². The van der Waals surface area contributed by atoms with Gasteiger partial charge in [-0.15, -0.1) is 0 Å². The third-order valence-electron chi connectivity index (χ3n) is 3.09. The van der Waals surface area contributed by atoms with Crippen LogP contribution in [0.5, 0.6) is 0 Å². The minimum absolute atomic E-state index is 0.235. The Labute approximate surface area is 109 Å². The van der Waals surface area contributed by atoms with E-state index in [9.17, 15) is 9.18 Å². The first-order chi connectivity index (χ1) is 9.19. The number of nitrogens with zero attached hydrogens (tertiary/aromatic N) is 2. The van der Waals surface area contributed by atoms with Gasteiger partial charge in [0.25, 0.3) is 0 Å². The first kappa shape index (κ1) is 11.6. The van der Waals surface area contributed by atoms with Crippen molar-refractivity contribution in [2.24, 2.45) is 0 Å². The van der Waals surface area contributed by atoms with Crippen LogP contribution >= 0.6 is 0 Å². The van der Waals surface area contributed by atoms with Crippen LogP contribution in [-0.4, -0.2) is 15.9 Å². The second-order valence-corrected chi connectivity index (χ2v) is 4.40. The number of aromatic nitrogens is 2. The lowest BCUT2D eigenvalue weighted by Gasteiger charge is -1.99. The van der Waals surface area contributed by atoms with Gasteiger partial charge in [-0.1, -0.05) is 6.07 Å². The number of rotatable bonds is 2. The lowest BCUT2D eigenvalue weighted by atomic mass is 10.1. The summed E-state index contributed by atoms with van der Waals surface area (Å²) >= 11 is 0. The number of hydrogen-bond donors (Lipinski definition) is 0. The smallest absolute Gasteiger partial charge is 0.168 e. The average molecular weight is 254 g/mol. The molecule has 3 rings (SSSR count). The van der Waals surface area contributed by atoms with E-state index in [1.165, 1.54) is 6.07 Å². The molecule has 94 valence electrons. The van der Waals surface area contributed by atoms with E-state index < -0.39 is 0 Å². The Balaban J connectivity index is 2.20. The first-order valence-electron chi connectivity index (χ1n) is 5.89. The first-order valence-corrected chi connectivity index (χ1v) is 5.89. The van der Waals surface area contributed by atoms with Gasteiger partial charge in [0.1, 0.15) is 11.5 Å². The van der Waals surface area contributed by atoms with Gasteiger partial charge in [-0.25, -0.2) is 8.91 Å². The molecule has 0 atom stereocenters. The molecule has 19 heavy (non-hydrogen) atoms. The van der Waals surface area contributed by atoms with E-state index in [-0.39, 0.29) is 5.82 Å². The van der Waals surface area contributed by atoms with E-state index in [2.05, 4.69) is 5.10 Å². The SMILES string of the molecule is Cc1cc(-c2cc3cccc(C=O)n3n2)ccc1F. The molecule has 0 spiro atoms. The summed E-state index contributed by atoms with van der Waals surface area (Å²) in [5, 5.41) is 4.39. The number of pyridine rings is 1. The van der Waals surface area contributed by atoms with E-state index >= 15 is 0 Å². The molecule has 0 bridgehead atoms. The van der Waals surface area contributed by atoms with Gasteiger partial charge in [0.15, 0.2) is 6.29 Å². The van der Waals surface area contributed by atoms with E-state index in [0.29, 0.717) is 11.3 Å². The largest absolute Gasteiger partial charge is 0.296 e. The van der Waals surface area contributed by atoms with Crippen molar-refractivity contribution in [3.8, 4) is 11.3 Å². The van der Waals surface area contributed by atoms with E-state index in [1.54, 1.807) is 35.7 Å². The molecule has 4 heteroatoms. The molecular formula is C15H11FN2O. The fraction of sp³-hybridized carbons (Fsp3) is 0.0667. The standard InChI is InChI=1S/C15H11FN2O/c1-10-7-11(5-6-14(10)16)15-8-12-3-2-4-13(9-19)18(12)17-15/h2-9H,1H3. The lowest BCUT2D eigenvalue weighted by molar-refractivity contribution is 0.111. The number of carbonyl (C=O) groups excluding carboxylic acids is 1. The van der Waals surface area contributed by atoms with Gasteiger partial charge in [-0.05, 0) is 48.9 Å². The van der Waals surface area contributed by atoms with Gasteiger partial charge in [0, 0.05) is 5.56 Å². The second-order valence-electron chi connectivity index (χ2n) is 4.40. The number of fused-ring (bicyclic) bond motifs is 1. The van der Waals surface area contributed by atoms with Crippen molar-refractivity contribution in [1.82, 2.24) is 9.61 Å². The van der Waals surface area contributed by atoms with Crippen LogP contribution in [0.1, 0.15) is 16.1 Å².